The first-order valence-electron chi connectivity index (χ1n) is 5.71. The monoisotopic (exact) mass is 317 g/mol. The van der Waals surface area contributed by atoms with Gasteiger partial charge in [0.15, 0.2) is 9.84 Å². The normalized spacial score (nSPS) is 10.8. The summed E-state index contributed by atoms with van der Waals surface area (Å²) >= 11 is 0.995. The van der Waals surface area contributed by atoms with Crippen LogP contribution in [-0.4, -0.2) is 39.5 Å². The molecule has 0 aliphatic rings. The number of methoxy groups -OCH3 is 1. The van der Waals surface area contributed by atoms with Gasteiger partial charge >= 0.3 is 5.97 Å². The van der Waals surface area contributed by atoms with Gasteiger partial charge in [0.1, 0.15) is 21.5 Å². The van der Waals surface area contributed by atoms with Gasteiger partial charge in [0.25, 0.3) is 0 Å². The van der Waals surface area contributed by atoms with E-state index in [-0.39, 0.29) is 34.2 Å². The van der Waals surface area contributed by atoms with Crippen LogP contribution in [0.1, 0.15) is 22.2 Å². The molecule has 20 heavy (non-hydrogen) atoms. The Morgan fingerprint density at radius 1 is 1.55 bits per heavy atom. The number of esters is 1. The Kier molecular flexibility index (Phi) is 5.35. The van der Waals surface area contributed by atoms with Crippen LogP contribution in [0.25, 0.3) is 0 Å². The van der Waals surface area contributed by atoms with Crippen LogP contribution in [0.5, 0.6) is 0 Å². The summed E-state index contributed by atoms with van der Waals surface area (Å²) in [6.07, 6.45) is 0. The van der Waals surface area contributed by atoms with Gasteiger partial charge in [-0.2, -0.15) is 5.26 Å². The maximum Gasteiger partial charge on any atom is 0.343 e. The van der Waals surface area contributed by atoms with Crippen molar-refractivity contribution in [3.63, 3.8) is 0 Å². The highest BCUT2D eigenvalue weighted by molar-refractivity contribution is 7.91. The number of hydrogen-bond acceptors (Lipinski definition) is 8. The number of rotatable bonds is 6. The summed E-state index contributed by atoms with van der Waals surface area (Å²) in [6, 6.07) is 1.88. The van der Waals surface area contributed by atoms with Crippen molar-refractivity contribution >= 4 is 37.8 Å². The van der Waals surface area contributed by atoms with E-state index < -0.39 is 15.8 Å². The van der Waals surface area contributed by atoms with E-state index in [9.17, 15) is 13.2 Å². The molecule has 0 saturated carbocycles. The molecule has 0 bridgehead atoms. The molecule has 0 spiro atoms. The van der Waals surface area contributed by atoms with Crippen molar-refractivity contribution in [3.05, 3.63) is 10.4 Å². The molecule has 3 N–H and O–H groups in total. The minimum Gasteiger partial charge on any atom is -0.465 e. The highest BCUT2D eigenvalue weighted by atomic mass is 32.2. The summed E-state index contributed by atoms with van der Waals surface area (Å²) in [5, 5.41) is 12.1. The lowest BCUT2D eigenvalue weighted by Crippen LogP contribution is -2.18. The van der Waals surface area contributed by atoms with Crippen molar-refractivity contribution in [2.45, 2.75) is 6.92 Å². The summed E-state index contributed by atoms with van der Waals surface area (Å²) < 4.78 is 27.4. The van der Waals surface area contributed by atoms with Crippen molar-refractivity contribution in [2.24, 2.45) is 0 Å². The van der Waals surface area contributed by atoms with Crippen molar-refractivity contribution in [1.29, 1.82) is 5.26 Å². The van der Waals surface area contributed by atoms with Crippen LogP contribution in [0.15, 0.2) is 0 Å². The van der Waals surface area contributed by atoms with Crippen LogP contribution >= 0.6 is 11.3 Å². The maximum atomic E-state index is 11.6. The zero-order valence-electron chi connectivity index (χ0n) is 11.1. The fraction of sp³-hybridized carbons (Fsp3) is 0.455. The fourth-order valence-electron chi connectivity index (χ4n) is 1.42. The first-order valence-corrected chi connectivity index (χ1v) is 8.35. The number of nitrogens with one attached hydrogen (secondary N) is 1. The van der Waals surface area contributed by atoms with E-state index in [2.05, 4.69) is 10.1 Å². The molecule has 0 aliphatic carbocycles. The van der Waals surface area contributed by atoms with Gasteiger partial charge in [-0.05, 0) is 0 Å². The van der Waals surface area contributed by atoms with Crippen LogP contribution < -0.4 is 11.1 Å². The van der Waals surface area contributed by atoms with Crippen LogP contribution in [0.2, 0.25) is 0 Å². The third-order valence-electron chi connectivity index (χ3n) is 2.57. The summed E-state index contributed by atoms with van der Waals surface area (Å²) in [5.74, 6) is -0.681. The maximum absolute atomic E-state index is 11.6. The molecule has 0 amide bonds. The second-order valence-corrected chi connectivity index (χ2v) is 7.31. The van der Waals surface area contributed by atoms with Gasteiger partial charge in [-0.15, -0.1) is 11.3 Å². The van der Waals surface area contributed by atoms with E-state index in [4.69, 9.17) is 11.0 Å². The second kappa shape index (κ2) is 6.58. The Hall–Kier alpha value is -1.79. The standard InChI is InChI=1S/C11H15N3O4S2/c1-3-20(16,17)5-4-14-10-8(11(15)18-2)9(13)7(6-12)19-10/h14H,3-5,13H2,1-2H3. The molecular formula is C11H15N3O4S2. The Bertz CT molecular complexity index is 643. The molecule has 0 fully saturated rings. The Balaban J connectivity index is 2.95. The number of carbonyl (C=O) groups excluding carboxylic acids is 1. The Morgan fingerprint density at radius 3 is 2.70 bits per heavy atom. The van der Waals surface area contributed by atoms with Crippen LogP contribution in [-0.2, 0) is 14.6 Å². The molecule has 1 heterocycles. The Labute approximate surface area is 121 Å². The van der Waals surface area contributed by atoms with E-state index in [0.29, 0.717) is 5.00 Å². The van der Waals surface area contributed by atoms with E-state index in [1.54, 1.807) is 6.92 Å². The molecule has 1 aromatic heterocycles. The van der Waals surface area contributed by atoms with Gasteiger partial charge in [0.2, 0.25) is 0 Å². The predicted molar refractivity (Wildman–Crippen MR) is 77.6 cm³/mol. The minimum atomic E-state index is -3.11. The number of nitrogen functional groups attached to an aromatic ring is 1. The first kappa shape index (κ1) is 16.3. The van der Waals surface area contributed by atoms with Crippen LogP contribution in [0.4, 0.5) is 10.7 Å². The number of nitriles is 1. The average Bonchev–Trinajstić information content (AvgIpc) is 2.74. The van der Waals surface area contributed by atoms with Gasteiger partial charge in [-0.1, -0.05) is 6.92 Å². The molecule has 0 aliphatic heterocycles. The first-order chi connectivity index (χ1) is 9.36. The number of nitrogens with zero attached hydrogens (tertiary/aromatic N) is 1. The molecule has 0 unspecified atom stereocenters. The summed E-state index contributed by atoms with van der Waals surface area (Å²) in [5.41, 5.74) is 5.82. The second-order valence-electron chi connectivity index (χ2n) is 3.82. The molecule has 9 heteroatoms. The minimum absolute atomic E-state index is 0.0465. The highest BCUT2D eigenvalue weighted by Crippen LogP contribution is 2.35. The van der Waals surface area contributed by atoms with E-state index >= 15 is 0 Å². The predicted octanol–water partition coefficient (Wildman–Crippen LogP) is 0.835. The number of nitrogens with two attached hydrogens (primary N) is 1. The SMILES string of the molecule is CCS(=O)(=O)CCNc1sc(C#N)c(N)c1C(=O)OC. The number of thiophene rings is 1. The number of anilines is 2. The average molecular weight is 317 g/mol. The van der Waals surface area contributed by atoms with Gasteiger partial charge in [-0.25, -0.2) is 13.2 Å². The van der Waals surface area contributed by atoms with Gasteiger partial charge in [0, 0.05) is 12.3 Å². The lowest BCUT2D eigenvalue weighted by Gasteiger charge is -2.06. The molecule has 0 saturated heterocycles. The van der Waals surface area contributed by atoms with Crippen molar-refractivity contribution in [2.75, 3.05) is 36.2 Å². The summed E-state index contributed by atoms with van der Waals surface area (Å²) in [7, 11) is -1.90. The molecule has 0 atom stereocenters. The van der Waals surface area contributed by atoms with E-state index in [0.717, 1.165) is 11.3 Å². The van der Waals surface area contributed by atoms with Crippen LogP contribution in [0.3, 0.4) is 0 Å². The molecule has 1 rings (SSSR count). The van der Waals surface area contributed by atoms with Crippen molar-refractivity contribution < 1.29 is 17.9 Å². The molecule has 0 radical (unpaired) electrons. The van der Waals surface area contributed by atoms with Crippen molar-refractivity contribution in [1.82, 2.24) is 0 Å². The van der Waals surface area contributed by atoms with Gasteiger partial charge < -0.3 is 15.8 Å². The molecule has 7 nitrogen and oxygen atoms in total. The van der Waals surface area contributed by atoms with Crippen LogP contribution in [0, 0.1) is 11.3 Å². The lowest BCUT2D eigenvalue weighted by atomic mass is 10.2. The van der Waals surface area contributed by atoms with E-state index in [1.165, 1.54) is 7.11 Å². The topological polar surface area (TPSA) is 122 Å². The Morgan fingerprint density at radius 2 is 2.20 bits per heavy atom. The number of carbonyl (C=O) groups is 1. The lowest BCUT2D eigenvalue weighted by molar-refractivity contribution is 0.0603. The van der Waals surface area contributed by atoms with Crippen molar-refractivity contribution in [3.8, 4) is 6.07 Å². The third-order valence-corrected chi connectivity index (χ3v) is 5.35. The quantitative estimate of drug-likeness (QED) is 0.745. The number of hydrogen-bond donors (Lipinski definition) is 2. The largest absolute Gasteiger partial charge is 0.465 e. The zero-order valence-corrected chi connectivity index (χ0v) is 12.7. The molecular weight excluding hydrogens is 302 g/mol. The van der Waals surface area contributed by atoms with E-state index in [1.807, 2.05) is 6.07 Å². The summed E-state index contributed by atoms with van der Waals surface area (Å²) in [6.45, 7) is 1.69. The van der Waals surface area contributed by atoms with Gasteiger partial charge in [-0.3, -0.25) is 0 Å². The molecule has 110 valence electrons. The summed E-state index contributed by atoms with van der Waals surface area (Å²) in [4.78, 5) is 11.8. The molecule has 1 aromatic rings. The van der Waals surface area contributed by atoms with Gasteiger partial charge in [0.05, 0.1) is 18.6 Å². The number of sulfone groups is 1. The number of ether oxygens (including phenoxy) is 1. The molecule has 0 aromatic carbocycles. The fourth-order valence-corrected chi connectivity index (χ4v) is 3.05. The highest BCUT2D eigenvalue weighted by Gasteiger charge is 2.22. The zero-order chi connectivity index (χ0) is 15.3. The third kappa shape index (κ3) is 3.61. The smallest absolute Gasteiger partial charge is 0.343 e.